The molecule has 0 radical (unpaired) electrons. The minimum absolute atomic E-state index is 0.0818. The van der Waals surface area contributed by atoms with Gasteiger partial charge in [0.25, 0.3) is 0 Å². The second kappa shape index (κ2) is 17.6. The maximum absolute atomic E-state index is 13.4. The van der Waals surface area contributed by atoms with Crippen LogP contribution < -0.4 is 21.3 Å². The summed E-state index contributed by atoms with van der Waals surface area (Å²) in [6.07, 6.45) is 0.172. The van der Waals surface area contributed by atoms with Crippen molar-refractivity contribution < 1.29 is 33.8 Å². The Kier molecular flexibility index (Phi) is 15.4. The van der Waals surface area contributed by atoms with Crippen molar-refractivity contribution in [2.24, 2.45) is 17.8 Å². The van der Waals surface area contributed by atoms with Crippen molar-refractivity contribution in [3.8, 4) is 0 Å². The Hall–Kier alpha value is -3.47. The number of rotatable bonds is 17. The SMILES string of the molecule is CC(C)C[C@H](NC(=O)OC(C)(C)C)C(=O)CN[C@@H](CC(C)C)C(=O)N[C@H](C(=O)N[C@@H](Cc1ccccc1)C(=O)O)C(C)C. The van der Waals surface area contributed by atoms with Gasteiger partial charge in [0, 0.05) is 6.42 Å². The molecule has 11 nitrogen and oxygen atoms in total. The van der Waals surface area contributed by atoms with Crippen molar-refractivity contribution in [2.45, 2.75) is 111 Å². The molecule has 0 saturated carbocycles. The first-order valence-corrected chi connectivity index (χ1v) is 15.0. The highest BCUT2D eigenvalue weighted by molar-refractivity contribution is 5.93. The molecular weight excluding hydrogens is 552 g/mol. The van der Waals surface area contributed by atoms with E-state index < -0.39 is 53.6 Å². The summed E-state index contributed by atoms with van der Waals surface area (Å²) in [7, 11) is 0. The highest BCUT2D eigenvalue weighted by atomic mass is 16.6. The van der Waals surface area contributed by atoms with Gasteiger partial charge in [0.15, 0.2) is 5.78 Å². The van der Waals surface area contributed by atoms with Crippen LogP contribution >= 0.6 is 0 Å². The van der Waals surface area contributed by atoms with Crippen LogP contribution in [0.2, 0.25) is 0 Å². The summed E-state index contributed by atoms with van der Waals surface area (Å²) in [4.78, 5) is 64.1. The van der Waals surface area contributed by atoms with E-state index in [4.69, 9.17) is 4.74 Å². The first-order valence-electron chi connectivity index (χ1n) is 15.0. The Bertz CT molecular complexity index is 1070. The molecule has 0 unspecified atom stereocenters. The van der Waals surface area contributed by atoms with Gasteiger partial charge in [-0.05, 0) is 56.9 Å². The predicted octanol–water partition coefficient (Wildman–Crippen LogP) is 3.45. The smallest absolute Gasteiger partial charge is 0.408 e. The Balaban J connectivity index is 2.99. The number of carbonyl (C=O) groups is 5. The van der Waals surface area contributed by atoms with Gasteiger partial charge in [-0.3, -0.25) is 19.7 Å². The number of aliphatic carboxylic acids is 1. The summed E-state index contributed by atoms with van der Waals surface area (Å²) in [5, 5.41) is 20.7. The molecule has 0 bridgehead atoms. The molecule has 5 N–H and O–H groups in total. The van der Waals surface area contributed by atoms with E-state index in [1.54, 1.807) is 58.9 Å². The lowest BCUT2D eigenvalue weighted by Gasteiger charge is -2.28. The van der Waals surface area contributed by atoms with Crippen LogP contribution in [0.25, 0.3) is 0 Å². The molecule has 0 aliphatic carbocycles. The molecule has 0 heterocycles. The zero-order valence-corrected chi connectivity index (χ0v) is 27.2. The molecule has 0 fully saturated rings. The maximum Gasteiger partial charge on any atom is 0.408 e. The molecule has 0 saturated heterocycles. The van der Waals surface area contributed by atoms with Gasteiger partial charge in [-0.15, -0.1) is 0 Å². The summed E-state index contributed by atoms with van der Waals surface area (Å²) in [5.74, 6) is -2.72. The number of carbonyl (C=O) groups excluding carboxylic acids is 4. The van der Waals surface area contributed by atoms with Crippen molar-refractivity contribution in [2.75, 3.05) is 6.54 Å². The fourth-order valence-corrected chi connectivity index (χ4v) is 4.39. The Morgan fingerprint density at radius 3 is 1.81 bits per heavy atom. The van der Waals surface area contributed by atoms with E-state index in [0.29, 0.717) is 12.8 Å². The van der Waals surface area contributed by atoms with Gasteiger partial charge < -0.3 is 25.8 Å². The Morgan fingerprint density at radius 2 is 1.33 bits per heavy atom. The molecule has 4 atom stereocenters. The molecule has 3 amide bonds. The van der Waals surface area contributed by atoms with Gasteiger partial charge in [0.2, 0.25) is 11.8 Å². The normalized spacial score (nSPS) is 14.5. The molecule has 1 rings (SSSR count). The lowest BCUT2D eigenvalue weighted by Crippen LogP contribution is -2.58. The topological polar surface area (TPSA) is 163 Å². The van der Waals surface area contributed by atoms with E-state index in [9.17, 15) is 29.1 Å². The molecule has 1 aromatic rings. The molecule has 0 spiro atoms. The number of ketones is 1. The average molecular weight is 605 g/mol. The average Bonchev–Trinajstić information content (AvgIpc) is 2.87. The predicted molar refractivity (Wildman–Crippen MR) is 165 cm³/mol. The largest absolute Gasteiger partial charge is 0.480 e. The zero-order valence-electron chi connectivity index (χ0n) is 27.2. The van der Waals surface area contributed by atoms with Crippen LogP contribution in [0.1, 0.15) is 80.7 Å². The van der Waals surface area contributed by atoms with E-state index in [1.807, 2.05) is 33.8 Å². The van der Waals surface area contributed by atoms with E-state index in [0.717, 1.165) is 5.56 Å². The lowest BCUT2D eigenvalue weighted by molar-refractivity contribution is -0.142. The van der Waals surface area contributed by atoms with Crippen LogP contribution in [0.5, 0.6) is 0 Å². The quantitative estimate of drug-likeness (QED) is 0.181. The fraction of sp³-hybridized carbons (Fsp3) is 0.656. The fourth-order valence-electron chi connectivity index (χ4n) is 4.39. The van der Waals surface area contributed by atoms with Crippen LogP contribution in [0.3, 0.4) is 0 Å². The third-order valence-corrected chi connectivity index (χ3v) is 6.48. The minimum Gasteiger partial charge on any atom is -0.480 e. The van der Waals surface area contributed by atoms with Crippen LogP contribution in [-0.4, -0.2) is 71.1 Å². The van der Waals surface area contributed by atoms with E-state index >= 15 is 0 Å². The molecule has 0 aromatic heterocycles. The Labute approximate surface area is 256 Å². The first-order chi connectivity index (χ1) is 19.9. The summed E-state index contributed by atoms with van der Waals surface area (Å²) in [6.45, 7) is 16.3. The first kappa shape index (κ1) is 37.6. The number of carboxylic acids is 1. The summed E-state index contributed by atoms with van der Waals surface area (Å²) >= 11 is 0. The van der Waals surface area contributed by atoms with Gasteiger partial charge in [-0.2, -0.15) is 0 Å². The van der Waals surface area contributed by atoms with Gasteiger partial charge in [0.1, 0.15) is 17.7 Å². The number of benzene rings is 1. The number of hydrogen-bond donors (Lipinski definition) is 5. The van der Waals surface area contributed by atoms with Crippen LogP contribution in [-0.2, 0) is 30.3 Å². The van der Waals surface area contributed by atoms with Crippen molar-refractivity contribution in [1.82, 2.24) is 21.3 Å². The second-order valence-corrected chi connectivity index (χ2v) is 13.2. The highest BCUT2D eigenvalue weighted by Gasteiger charge is 2.32. The number of ether oxygens (including phenoxy) is 1. The van der Waals surface area contributed by atoms with Crippen molar-refractivity contribution >= 4 is 29.7 Å². The van der Waals surface area contributed by atoms with Crippen molar-refractivity contribution in [3.05, 3.63) is 35.9 Å². The molecule has 11 heteroatoms. The van der Waals surface area contributed by atoms with E-state index in [-0.39, 0.29) is 36.5 Å². The van der Waals surface area contributed by atoms with Crippen molar-refractivity contribution in [3.63, 3.8) is 0 Å². The summed E-state index contributed by atoms with van der Waals surface area (Å²) in [6, 6.07) is 5.17. The van der Waals surface area contributed by atoms with Crippen LogP contribution in [0.4, 0.5) is 4.79 Å². The number of carboxylic acid groups (broad SMARTS) is 1. The number of alkyl carbamates (subject to hydrolysis) is 1. The number of amides is 3. The molecule has 43 heavy (non-hydrogen) atoms. The Morgan fingerprint density at radius 1 is 0.767 bits per heavy atom. The second-order valence-electron chi connectivity index (χ2n) is 13.2. The van der Waals surface area contributed by atoms with Crippen LogP contribution in [0.15, 0.2) is 30.3 Å². The zero-order chi connectivity index (χ0) is 32.9. The van der Waals surface area contributed by atoms with Gasteiger partial charge >= 0.3 is 12.1 Å². The third kappa shape index (κ3) is 15.0. The van der Waals surface area contributed by atoms with Crippen LogP contribution in [0, 0.1) is 17.8 Å². The van der Waals surface area contributed by atoms with Crippen molar-refractivity contribution in [1.29, 1.82) is 0 Å². The third-order valence-electron chi connectivity index (χ3n) is 6.48. The molecule has 242 valence electrons. The van der Waals surface area contributed by atoms with Gasteiger partial charge in [-0.25, -0.2) is 9.59 Å². The molecule has 1 aromatic carbocycles. The minimum atomic E-state index is -1.18. The number of nitrogens with one attached hydrogen (secondary N) is 4. The van der Waals surface area contributed by atoms with E-state index in [1.165, 1.54) is 0 Å². The summed E-state index contributed by atoms with van der Waals surface area (Å²) in [5.41, 5.74) is 0.0302. The standard InChI is InChI=1S/C32H52N4O7/c1-19(2)15-23(35-31(42)43-32(7,8)9)26(37)18-33-24(16-20(3)4)28(38)36-27(21(5)6)29(39)34-25(30(40)41)17-22-13-11-10-12-14-22/h10-14,19-21,23-25,27,33H,15-18H2,1-9H3,(H,34,39)(H,35,42)(H,36,38)(H,40,41)/t23-,24-,25-,27-/m0/s1. The van der Waals surface area contributed by atoms with Gasteiger partial charge in [-0.1, -0.05) is 71.9 Å². The van der Waals surface area contributed by atoms with Gasteiger partial charge in [0.05, 0.1) is 18.6 Å². The maximum atomic E-state index is 13.4. The van der Waals surface area contributed by atoms with E-state index in [2.05, 4.69) is 21.3 Å². The number of Topliss-reactive ketones (excluding diaryl/α,β-unsaturated/α-hetero) is 1. The monoisotopic (exact) mass is 604 g/mol. The molecule has 0 aliphatic rings. The molecule has 0 aliphatic heterocycles. The lowest BCUT2D eigenvalue weighted by atomic mass is 9.98. The molecular formula is C32H52N4O7. The number of hydrogen-bond acceptors (Lipinski definition) is 7. The highest BCUT2D eigenvalue weighted by Crippen LogP contribution is 2.12. The summed E-state index contributed by atoms with van der Waals surface area (Å²) < 4.78 is 5.32.